The third-order valence-corrected chi connectivity index (χ3v) is 7.08. The highest BCUT2D eigenvalue weighted by molar-refractivity contribution is 6.08. The van der Waals surface area contributed by atoms with Crippen LogP contribution in [-0.2, 0) is 21.7 Å². The highest BCUT2D eigenvalue weighted by atomic mass is 16.5. The van der Waals surface area contributed by atoms with E-state index in [-0.39, 0.29) is 43.1 Å². The molecule has 38 heavy (non-hydrogen) atoms. The lowest BCUT2D eigenvalue weighted by Crippen LogP contribution is -2.52. The van der Waals surface area contributed by atoms with Crippen molar-refractivity contribution in [1.82, 2.24) is 25.8 Å². The molecule has 0 radical (unpaired) electrons. The van der Waals surface area contributed by atoms with Crippen molar-refractivity contribution in [2.45, 2.75) is 12.1 Å². The number of carbonyl (C=O) groups is 5. The van der Waals surface area contributed by atoms with Gasteiger partial charge in [-0.05, 0) is 35.9 Å². The summed E-state index contributed by atoms with van der Waals surface area (Å²) in [7, 11) is 1.51. The van der Waals surface area contributed by atoms with Crippen LogP contribution in [-0.4, -0.2) is 72.7 Å². The Morgan fingerprint density at radius 3 is 2.66 bits per heavy atom. The van der Waals surface area contributed by atoms with Gasteiger partial charge in [0.05, 0.1) is 20.2 Å². The number of fused-ring (bicyclic) bond motifs is 2. The Bertz CT molecular complexity index is 1550. The number of nitrogens with one attached hydrogen (secondary N) is 3. The number of amides is 6. The lowest BCUT2D eigenvalue weighted by atomic mass is 9.95. The second-order valence-electron chi connectivity index (χ2n) is 9.44. The van der Waals surface area contributed by atoms with Crippen LogP contribution in [0, 0.1) is 0 Å². The van der Waals surface area contributed by atoms with Gasteiger partial charge in [-0.1, -0.05) is 12.1 Å². The van der Waals surface area contributed by atoms with Gasteiger partial charge >= 0.3 is 6.03 Å². The molecule has 2 aromatic carbocycles. The van der Waals surface area contributed by atoms with Gasteiger partial charge in [0.15, 0.2) is 5.54 Å². The number of imide groups is 1. The first kappa shape index (κ1) is 23.5. The molecule has 6 rings (SSSR count). The summed E-state index contributed by atoms with van der Waals surface area (Å²) < 4.78 is 11.3. The van der Waals surface area contributed by atoms with Gasteiger partial charge in [0.1, 0.15) is 17.1 Å². The molecule has 0 saturated carbocycles. The Morgan fingerprint density at radius 2 is 1.92 bits per heavy atom. The van der Waals surface area contributed by atoms with E-state index >= 15 is 0 Å². The zero-order valence-corrected chi connectivity index (χ0v) is 20.3. The third kappa shape index (κ3) is 3.72. The summed E-state index contributed by atoms with van der Waals surface area (Å²) in [5.41, 5.74) is 0.202. The number of methoxy groups -OCH3 is 1. The summed E-state index contributed by atoms with van der Waals surface area (Å²) in [6.45, 7) is 0.800. The fourth-order valence-corrected chi connectivity index (χ4v) is 5.10. The van der Waals surface area contributed by atoms with Gasteiger partial charge in [0.2, 0.25) is 5.91 Å². The van der Waals surface area contributed by atoms with Crippen molar-refractivity contribution >= 4 is 40.6 Å². The van der Waals surface area contributed by atoms with Crippen LogP contribution >= 0.6 is 0 Å². The molecule has 6 amide bonds. The molecule has 3 aliphatic rings. The van der Waals surface area contributed by atoms with Crippen molar-refractivity contribution in [3.05, 3.63) is 64.9 Å². The monoisotopic (exact) mass is 517 g/mol. The summed E-state index contributed by atoms with van der Waals surface area (Å²) in [6.07, 6.45) is 0. The first-order valence-corrected chi connectivity index (χ1v) is 12.0. The summed E-state index contributed by atoms with van der Waals surface area (Å²) in [6, 6.07) is 10.9. The number of hydrogen-bond acceptors (Lipinski definition) is 7. The zero-order chi connectivity index (χ0) is 26.6. The van der Waals surface area contributed by atoms with Crippen LogP contribution in [0.15, 0.2) is 46.9 Å². The highest BCUT2D eigenvalue weighted by Gasteiger charge is 2.53. The van der Waals surface area contributed by atoms with E-state index in [1.165, 1.54) is 16.9 Å². The molecule has 3 aliphatic heterocycles. The molecule has 0 bridgehead atoms. The van der Waals surface area contributed by atoms with Crippen LogP contribution in [0.25, 0.3) is 11.0 Å². The Kier molecular flexibility index (Phi) is 5.33. The number of piperazine rings is 1. The minimum absolute atomic E-state index is 0.0340. The standard InChI is InChI=1S/C26H23N5O7/c1-37-17-5-4-16-11-31(23(34)18(16)10-17)13-26(24(35)28-25(36)29-26)20-9-14-2-3-15(8-19(14)38-20)22(33)30-7-6-27-21(32)12-30/h2-5,8-10H,6-7,11-13H2,1H3,(H,27,32)(H2,28,29,35,36)/t26-/m0/s1. The number of hydrogen-bond donors (Lipinski definition) is 3. The van der Waals surface area contributed by atoms with E-state index in [0.29, 0.717) is 40.9 Å². The quantitative estimate of drug-likeness (QED) is 0.422. The van der Waals surface area contributed by atoms with E-state index in [1.807, 2.05) is 0 Å². The van der Waals surface area contributed by atoms with Crippen molar-refractivity contribution in [1.29, 1.82) is 0 Å². The molecule has 3 N–H and O–H groups in total. The number of nitrogens with zero attached hydrogens (tertiary/aromatic N) is 2. The van der Waals surface area contributed by atoms with Gasteiger partial charge < -0.3 is 29.6 Å². The van der Waals surface area contributed by atoms with Crippen LogP contribution in [0.2, 0.25) is 0 Å². The van der Waals surface area contributed by atoms with Gasteiger partial charge in [-0.25, -0.2) is 4.79 Å². The average Bonchev–Trinajstić information content (AvgIpc) is 3.56. The second kappa shape index (κ2) is 8.61. The van der Waals surface area contributed by atoms with Crippen LogP contribution in [0.5, 0.6) is 5.75 Å². The highest BCUT2D eigenvalue weighted by Crippen LogP contribution is 2.35. The summed E-state index contributed by atoms with van der Waals surface area (Å²) in [5, 5.41) is 8.18. The van der Waals surface area contributed by atoms with E-state index in [0.717, 1.165) is 5.56 Å². The molecule has 1 aromatic heterocycles. The van der Waals surface area contributed by atoms with Crippen LogP contribution < -0.4 is 20.7 Å². The first-order valence-electron chi connectivity index (χ1n) is 12.0. The number of carbonyl (C=O) groups excluding carboxylic acids is 5. The molecular weight excluding hydrogens is 494 g/mol. The van der Waals surface area contributed by atoms with Gasteiger partial charge in [-0.2, -0.15) is 0 Å². The normalized spacial score (nSPS) is 20.9. The van der Waals surface area contributed by atoms with Gasteiger partial charge in [0, 0.05) is 36.1 Å². The fraction of sp³-hybridized carbons (Fsp3) is 0.269. The Morgan fingerprint density at radius 1 is 1.08 bits per heavy atom. The van der Waals surface area contributed by atoms with Gasteiger partial charge in [0.25, 0.3) is 17.7 Å². The SMILES string of the molecule is COc1ccc2c(c1)C(=O)N(C[C@@]1(c3cc4ccc(C(=O)N5CCNC(=O)C5)cc4o3)NC(=O)NC1=O)C2. The van der Waals surface area contributed by atoms with E-state index in [4.69, 9.17) is 9.15 Å². The van der Waals surface area contributed by atoms with Crippen LogP contribution in [0.3, 0.4) is 0 Å². The van der Waals surface area contributed by atoms with E-state index in [2.05, 4.69) is 16.0 Å². The molecule has 12 heteroatoms. The van der Waals surface area contributed by atoms with Crippen LogP contribution in [0.4, 0.5) is 4.79 Å². The van der Waals surface area contributed by atoms with Crippen molar-refractivity contribution in [3.63, 3.8) is 0 Å². The number of rotatable bonds is 5. The molecule has 0 unspecified atom stereocenters. The fourth-order valence-electron chi connectivity index (χ4n) is 5.10. The lowest BCUT2D eigenvalue weighted by Gasteiger charge is -2.29. The molecule has 1 atom stereocenters. The molecule has 2 saturated heterocycles. The second-order valence-corrected chi connectivity index (χ2v) is 9.44. The average molecular weight is 517 g/mol. The summed E-state index contributed by atoms with van der Waals surface area (Å²) >= 11 is 0. The third-order valence-electron chi connectivity index (χ3n) is 7.08. The molecule has 194 valence electrons. The van der Waals surface area contributed by atoms with Crippen molar-refractivity contribution in [2.24, 2.45) is 0 Å². The molecule has 2 fully saturated rings. The van der Waals surface area contributed by atoms with E-state index < -0.39 is 17.5 Å². The minimum atomic E-state index is -1.67. The maximum Gasteiger partial charge on any atom is 0.322 e. The summed E-state index contributed by atoms with van der Waals surface area (Å²) in [5.74, 6) is -0.849. The topological polar surface area (TPSA) is 150 Å². The number of urea groups is 1. The molecular formula is C26H23N5O7. The Balaban J connectivity index is 1.33. The van der Waals surface area contributed by atoms with Crippen LogP contribution in [0.1, 0.15) is 32.0 Å². The molecule has 0 spiro atoms. The Hall–Kier alpha value is -4.87. The number of benzene rings is 2. The minimum Gasteiger partial charge on any atom is -0.497 e. The van der Waals surface area contributed by atoms with Gasteiger partial charge in [-0.15, -0.1) is 0 Å². The number of ether oxygens (including phenoxy) is 1. The van der Waals surface area contributed by atoms with E-state index in [1.54, 1.807) is 42.5 Å². The smallest absolute Gasteiger partial charge is 0.322 e. The first-order chi connectivity index (χ1) is 18.3. The largest absolute Gasteiger partial charge is 0.497 e. The van der Waals surface area contributed by atoms with Crippen molar-refractivity contribution < 1.29 is 33.1 Å². The summed E-state index contributed by atoms with van der Waals surface area (Å²) in [4.78, 5) is 66.2. The maximum absolute atomic E-state index is 13.2. The van der Waals surface area contributed by atoms with E-state index in [9.17, 15) is 24.0 Å². The Labute approximate surface area is 215 Å². The predicted octanol–water partition coefficient (Wildman–Crippen LogP) is 0.704. The molecule has 0 aliphatic carbocycles. The molecule has 3 aromatic rings. The van der Waals surface area contributed by atoms with Crippen molar-refractivity contribution in [2.75, 3.05) is 33.3 Å². The lowest BCUT2D eigenvalue weighted by molar-refractivity contribution is -0.125. The molecule has 4 heterocycles. The maximum atomic E-state index is 13.2. The molecule has 12 nitrogen and oxygen atoms in total. The van der Waals surface area contributed by atoms with Gasteiger partial charge in [-0.3, -0.25) is 24.5 Å². The number of furan rings is 1. The zero-order valence-electron chi connectivity index (χ0n) is 20.3. The van der Waals surface area contributed by atoms with Crippen molar-refractivity contribution in [3.8, 4) is 5.75 Å². The predicted molar refractivity (Wildman–Crippen MR) is 131 cm³/mol.